The molecule has 9 N–H and O–H groups in total. The highest BCUT2D eigenvalue weighted by Crippen LogP contribution is 2.45. The van der Waals surface area contributed by atoms with Crippen LogP contribution in [0.15, 0.2) is 73.1 Å². The Labute approximate surface area is 506 Å². The minimum absolute atomic E-state index is 0.0000528. The van der Waals surface area contributed by atoms with Crippen molar-refractivity contribution in [3.63, 3.8) is 0 Å². The SMILES string of the molecule is CCCc1nccc2sc(-c3c(C)nc(N[C@H](C)c4ccc(OC(F)(F)F)cc4)nc3N[C@@]3(OOC(=O)CCc4nccc5sc(-c6c(C)nc(N[C@H](C)c7ccc(OC(F)(F)F)cc7)nc6N[C@@]6(O)CC[C@H](CO)[C@H]6O)nc45)CC[C@H](CO)[C@H]3O)nc12. The number of carbonyl (C=O) groups is 1. The number of rotatable bonds is 23. The molecular formula is C58H62F6N12O10S2. The number of carbonyl (C=O) groups excluding carboxylic acids is 1. The molecule has 0 radical (unpaired) electrons. The van der Waals surface area contributed by atoms with Gasteiger partial charge in [-0.25, -0.2) is 24.7 Å². The molecule has 88 heavy (non-hydrogen) atoms. The number of aliphatic hydroxyl groups is 5. The lowest BCUT2D eigenvalue weighted by Gasteiger charge is -2.33. The number of nitrogens with one attached hydrogen (secondary N) is 4. The maximum absolute atomic E-state index is 13.9. The third kappa shape index (κ3) is 14.1. The second kappa shape index (κ2) is 25.8. The summed E-state index contributed by atoms with van der Waals surface area (Å²) in [7, 11) is 0. The van der Waals surface area contributed by atoms with E-state index in [0.717, 1.165) is 16.8 Å². The molecular weight excluding hydrogens is 1200 g/mol. The zero-order valence-corrected chi connectivity index (χ0v) is 49.5. The molecule has 468 valence electrons. The number of hydrogen-bond donors (Lipinski definition) is 9. The van der Waals surface area contributed by atoms with Crippen molar-refractivity contribution in [1.29, 1.82) is 0 Å². The molecule has 2 saturated carbocycles. The molecule has 22 nitrogen and oxygen atoms in total. The Morgan fingerprint density at radius 1 is 0.659 bits per heavy atom. The number of anilines is 4. The summed E-state index contributed by atoms with van der Waals surface area (Å²) in [6, 6.07) is 13.0. The number of halogens is 6. The van der Waals surface area contributed by atoms with Crippen LogP contribution in [0.4, 0.5) is 49.9 Å². The van der Waals surface area contributed by atoms with E-state index in [-0.39, 0.29) is 68.7 Å². The predicted octanol–water partition coefficient (Wildman–Crippen LogP) is 10.2. The fourth-order valence-electron chi connectivity index (χ4n) is 10.8. The molecule has 8 atom stereocenters. The molecule has 2 aromatic carbocycles. The van der Waals surface area contributed by atoms with Gasteiger partial charge in [0.25, 0.3) is 0 Å². The van der Waals surface area contributed by atoms with E-state index in [2.05, 4.69) is 40.7 Å². The van der Waals surface area contributed by atoms with Crippen LogP contribution >= 0.6 is 22.7 Å². The van der Waals surface area contributed by atoms with E-state index in [4.69, 9.17) is 39.7 Å². The molecule has 2 aliphatic rings. The summed E-state index contributed by atoms with van der Waals surface area (Å²) < 4.78 is 87.0. The maximum atomic E-state index is 13.9. The summed E-state index contributed by atoms with van der Waals surface area (Å²) in [4.78, 5) is 63.6. The van der Waals surface area contributed by atoms with Gasteiger partial charge in [0, 0.05) is 50.3 Å². The van der Waals surface area contributed by atoms with Gasteiger partial charge in [0.2, 0.25) is 17.6 Å². The van der Waals surface area contributed by atoms with Gasteiger partial charge in [-0.05, 0) is 101 Å². The lowest BCUT2D eigenvalue weighted by molar-refractivity contribution is -0.340. The van der Waals surface area contributed by atoms with Gasteiger partial charge in [-0.3, -0.25) is 14.9 Å². The van der Waals surface area contributed by atoms with Gasteiger partial charge in [0.15, 0.2) is 5.72 Å². The second-order valence-corrected chi connectivity index (χ2v) is 23.7. The Morgan fingerprint density at radius 2 is 1.12 bits per heavy atom. The summed E-state index contributed by atoms with van der Waals surface area (Å²) in [5.74, 6) is -2.79. The molecule has 2 aliphatic carbocycles. The summed E-state index contributed by atoms with van der Waals surface area (Å²) in [6.07, 6.45) is -7.74. The molecule has 0 bridgehead atoms. The van der Waals surface area contributed by atoms with E-state index in [9.17, 15) is 56.7 Å². The van der Waals surface area contributed by atoms with Gasteiger partial charge < -0.3 is 56.3 Å². The number of aromatic nitrogens is 8. The van der Waals surface area contributed by atoms with Gasteiger partial charge in [-0.15, -0.1) is 49.0 Å². The molecule has 30 heteroatoms. The van der Waals surface area contributed by atoms with Crippen LogP contribution in [0.2, 0.25) is 0 Å². The van der Waals surface area contributed by atoms with Gasteiger partial charge in [-0.1, -0.05) is 37.6 Å². The number of fused-ring (bicyclic) bond motifs is 2. The van der Waals surface area contributed by atoms with Crippen molar-refractivity contribution < 1.29 is 75.9 Å². The molecule has 8 aromatic rings. The number of thiazole rings is 2. The Kier molecular flexibility index (Phi) is 18.6. The third-order valence-corrected chi connectivity index (χ3v) is 17.5. The standard InChI is InChI=1S/C58H62F6N12O10S2/c1-6-7-38-45-40(20-24-65-38)87-52(71-45)44-31(5)70-54(68-29(3)33-10-14-37(15-11-33)84-58(62,63)64)74-50(44)76-56(23-19-35(27-78)48(56)81)86-85-42(79)17-16-39-46-41(21-25-66-39)88-51(72-46)43-30(4)69-53(73-49(43)75-55(82)22-18-34(26-77)47(55)80)67-28(2)32-8-12-36(13-9-32)83-57(59,60)61/h8-15,20-21,24-25,28-29,34-35,47-48,77-78,80-82H,6-7,16-19,22-23,26-27H2,1-5H3,(H2,67,69,73,75)(H2,68,70,74,76)/t28-,29-,34-,35-,47-,48-,55-,56-/m1/s1. The Hall–Kier alpha value is -7.71. The first kappa shape index (κ1) is 63.3. The first-order valence-electron chi connectivity index (χ1n) is 28.1. The van der Waals surface area contributed by atoms with Crippen molar-refractivity contribution in [2.24, 2.45) is 11.8 Å². The highest BCUT2D eigenvalue weighted by molar-refractivity contribution is 7.22. The van der Waals surface area contributed by atoms with E-state index in [1.807, 2.05) is 13.0 Å². The van der Waals surface area contributed by atoms with Crippen LogP contribution in [-0.4, -0.2) is 121 Å². The minimum atomic E-state index is -4.88. The van der Waals surface area contributed by atoms with Crippen LogP contribution < -0.4 is 30.7 Å². The zero-order chi connectivity index (χ0) is 62.9. The minimum Gasteiger partial charge on any atom is -0.406 e. The van der Waals surface area contributed by atoms with Crippen LogP contribution in [0.3, 0.4) is 0 Å². The first-order valence-corrected chi connectivity index (χ1v) is 29.7. The fraction of sp³-hybridized carbons (Fsp3) is 0.431. The molecule has 6 aromatic heterocycles. The number of nitrogens with zero attached hydrogens (tertiary/aromatic N) is 8. The highest BCUT2D eigenvalue weighted by Gasteiger charge is 2.52. The largest absolute Gasteiger partial charge is 0.573 e. The van der Waals surface area contributed by atoms with Crippen molar-refractivity contribution in [2.75, 3.05) is 34.5 Å². The van der Waals surface area contributed by atoms with Crippen molar-refractivity contribution in [3.05, 3.63) is 107 Å². The lowest BCUT2D eigenvalue weighted by Crippen LogP contribution is -2.51. The van der Waals surface area contributed by atoms with Crippen LogP contribution in [0.25, 0.3) is 41.6 Å². The molecule has 0 amide bonds. The Morgan fingerprint density at radius 3 is 1.58 bits per heavy atom. The third-order valence-electron chi connectivity index (χ3n) is 15.4. The summed E-state index contributed by atoms with van der Waals surface area (Å²) in [5, 5.41) is 68.8. The van der Waals surface area contributed by atoms with E-state index in [1.165, 1.54) is 77.4 Å². The predicted molar refractivity (Wildman–Crippen MR) is 313 cm³/mol. The van der Waals surface area contributed by atoms with Crippen molar-refractivity contribution in [3.8, 4) is 32.6 Å². The van der Waals surface area contributed by atoms with Crippen LogP contribution in [-0.2, 0) is 27.4 Å². The van der Waals surface area contributed by atoms with Crippen LogP contribution in [0, 0.1) is 25.7 Å². The van der Waals surface area contributed by atoms with Gasteiger partial charge in [-0.2, -0.15) is 14.9 Å². The van der Waals surface area contributed by atoms with E-state index < -0.39 is 84.4 Å². The second-order valence-electron chi connectivity index (χ2n) is 21.6. The Bertz CT molecular complexity index is 3790. The summed E-state index contributed by atoms with van der Waals surface area (Å²) >= 11 is 2.58. The van der Waals surface area contributed by atoms with Crippen LogP contribution in [0.5, 0.6) is 11.5 Å². The topological polar surface area (TPSA) is 306 Å². The number of hydrogen-bond acceptors (Lipinski definition) is 24. The van der Waals surface area contributed by atoms with Gasteiger partial charge in [0.05, 0.1) is 61.8 Å². The first-order chi connectivity index (χ1) is 41.8. The average Bonchev–Trinajstić information content (AvgIpc) is 2.29. The number of benzene rings is 2. The van der Waals surface area contributed by atoms with Crippen molar-refractivity contribution in [1.82, 2.24) is 39.9 Å². The maximum Gasteiger partial charge on any atom is 0.573 e. The van der Waals surface area contributed by atoms with E-state index in [1.54, 1.807) is 40.0 Å². The fourth-order valence-corrected chi connectivity index (χ4v) is 13.0. The lowest BCUT2D eigenvalue weighted by atomic mass is 10.0. The zero-order valence-electron chi connectivity index (χ0n) is 47.9. The van der Waals surface area contributed by atoms with Gasteiger partial charge in [0.1, 0.15) is 56.4 Å². The molecule has 0 aliphatic heterocycles. The summed E-state index contributed by atoms with van der Waals surface area (Å²) in [6.45, 7) is 8.08. The molecule has 0 saturated heterocycles. The van der Waals surface area contributed by atoms with Crippen molar-refractivity contribution >= 4 is 72.6 Å². The van der Waals surface area contributed by atoms with Gasteiger partial charge >= 0.3 is 18.7 Å². The molecule has 2 fully saturated rings. The number of alkyl halides is 6. The monoisotopic (exact) mass is 1260 g/mol. The Balaban J connectivity index is 0.910. The highest BCUT2D eigenvalue weighted by atomic mass is 32.1. The van der Waals surface area contributed by atoms with E-state index in [0.29, 0.717) is 71.5 Å². The normalized spacial score (nSPS) is 21.1. The van der Waals surface area contributed by atoms with E-state index >= 15 is 0 Å². The van der Waals surface area contributed by atoms with Crippen molar-refractivity contribution in [2.45, 2.75) is 134 Å². The number of aliphatic hydroxyl groups excluding tert-OH is 4. The summed E-state index contributed by atoms with van der Waals surface area (Å²) in [5.41, 5.74) is 1.03. The average molecular weight is 1270 g/mol. The van der Waals surface area contributed by atoms with Crippen LogP contribution in [0.1, 0.15) is 105 Å². The smallest absolute Gasteiger partial charge is 0.406 e. The number of pyridine rings is 2. The molecule has 10 rings (SSSR count). The molecule has 0 unspecified atom stereocenters. The number of ether oxygens (including phenoxy) is 2. The molecule has 6 heterocycles. The molecule has 0 spiro atoms. The number of aryl methyl sites for hydroxylation is 4. The quantitative estimate of drug-likeness (QED) is 0.0124.